The number of benzene rings is 15. The van der Waals surface area contributed by atoms with E-state index >= 15 is 0 Å². The number of hydrogen-bond acceptors (Lipinski definition) is 9. The minimum atomic E-state index is 0.645. The molecule has 33 rings (SSSR count). The van der Waals surface area contributed by atoms with E-state index in [1.807, 2.05) is 54.6 Å². The van der Waals surface area contributed by atoms with Gasteiger partial charge in [0, 0.05) is 224 Å². The Kier molecular flexibility index (Phi) is 17.0. The van der Waals surface area contributed by atoms with Crippen molar-refractivity contribution >= 4 is 132 Å². The lowest BCUT2D eigenvalue weighted by Crippen LogP contribution is -1.92. The van der Waals surface area contributed by atoms with E-state index in [-0.39, 0.29) is 0 Å². The summed E-state index contributed by atoms with van der Waals surface area (Å²) in [7, 11) is 0. The third kappa shape index (κ3) is 11.9. The van der Waals surface area contributed by atoms with Gasteiger partial charge in [-0.1, -0.05) is 273 Å². The lowest BCUT2D eigenvalue weighted by Gasteiger charge is -2.18. The van der Waals surface area contributed by atoms with Gasteiger partial charge in [-0.25, -0.2) is 15.0 Å². The first-order valence-corrected chi connectivity index (χ1v) is 48.3. The largest absolute Gasteiger partial charge is 0.454 e. The van der Waals surface area contributed by atoms with Gasteiger partial charge in [0.15, 0.2) is 33.5 Å². The second-order valence-electron chi connectivity index (χ2n) is 37.3. The van der Waals surface area contributed by atoms with Crippen molar-refractivity contribution in [3.05, 3.63) is 457 Å². The minimum absolute atomic E-state index is 0.645. The molecule has 0 amide bonds. The molecule has 15 nitrogen and oxygen atoms in total. The highest BCUT2D eigenvalue weighted by Gasteiger charge is 2.33. The number of pyridine rings is 3. The molecule has 0 fully saturated rings. The second-order valence-corrected chi connectivity index (χ2v) is 37.3. The Balaban J connectivity index is 0.0000000986. The van der Waals surface area contributed by atoms with Gasteiger partial charge in [0.2, 0.25) is 17.1 Å². The molecule has 0 spiro atoms. The van der Waals surface area contributed by atoms with E-state index < -0.39 is 0 Å². The fraction of sp³-hybridized carbons (Fsp3) is 0. The molecule has 0 saturated heterocycles. The SMILES string of the molecule is c1ccc2c(c1)-c1cn(-c3cccc4c3oc3ccccc34)cc1-c1ccccc1-c1cn(-c3cccc4c3oc3ccccc34)cc1-2.c1ccc2c(c1)-c1cn(-c3cccc4c3oc3ccccc34)cc1-c1ccccc1-c1cn(-c3cccc4c3oc3ncccc34)cc1-2.c1ccc2c(c1)-c1cn(-c3cccc4c3oc3ncccc34)cc1-c1ccccc1-c1cn(-c3cccc4c3oc3ncccc34)cc1-2. The number of aromatic nitrogens is 9. The van der Waals surface area contributed by atoms with Crippen LogP contribution < -0.4 is 0 Å². The van der Waals surface area contributed by atoms with Crippen molar-refractivity contribution in [1.29, 1.82) is 0 Å². The predicted octanol–water partition coefficient (Wildman–Crippen LogP) is 34.3. The Morgan fingerprint density at radius 1 is 0.125 bits per heavy atom. The van der Waals surface area contributed by atoms with Crippen LogP contribution in [-0.2, 0) is 0 Å². The van der Waals surface area contributed by atoms with E-state index in [1.165, 1.54) is 111 Å². The van der Waals surface area contributed by atoms with Crippen LogP contribution in [0.3, 0.4) is 0 Å². The molecule has 672 valence electrons. The minimum Gasteiger partial charge on any atom is -0.454 e. The Labute approximate surface area is 820 Å². The van der Waals surface area contributed by atoms with Crippen LogP contribution in [0.5, 0.6) is 0 Å². The quantitative estimate of drug-likeness (QED) is 0.159. The van der Waals surface area contributed by atoms with Gasteiger partial charge in [-0.05, 0) is 158 Å². The number of fused-ring (bicyclic) bond motifs is 42. The maximum absolute atomic E-state index is 6.47. The fourth-order valence-corrected chi connectivity index (χ4v) is 23.1. The van der Waals surface area contributed by atoms with Crippen LogP contribution in [0, 0.1) is 0 Å². The normalized spacial score (nSPS) is 12.2. The monoisotopic (exact) mass is 1850 g/mol. The van der Waals surface area contributed by atoms with Crippen LogP contribution in [0.2, 0.25) is 0 Å². The van der Waals surface area contributed by atoms with Crippen LogP contribution >= 0.6 is 0 Å². The van der Waals surface area contributed by atoms with Gasteiger partial charge in [-0.2, -0.15) is 0 Å². The molecule has 30 aromatic rings. The molecule has 0 N–H and O–H groups in total. The van der Waals surface area contributed by atoms with E-state index in [2.05, 4.69) is 426 Å². The van der Waals surface area contributed by atoms with Gasteiger partial charge in [-0.15, -0.1) is 0 Å². The lowest BCUT2D eigenvalue weighted by atomic mass is 9.84. The van der Waals surface area contributed by atoms with Crippen molar-refractivity contribution in [3.8, 4) is 168 Å². The third-order valence-electron chi connectivity index (χ3n) is 29.6. The summed E-state index contributed by atoms with van der Waals surface area (Å²) in [5.74, 6) is 0. The van der Waals surface area contributed by atoms with Crippen molar-refractivity contribution in [3.63, 3.8) is 0 Å². The molecule has 3 aliphatic rings. The van der Waals surface area contributed by atoms with Gasteiger partial charge in [0.05, 0.1) is 34.1 Å². The topological polar surface area (TPSA) is 147 Å². The Morgan fingerprint density at radius 3 is 0.472 bits per heavy atom. The molecule has 0 saturated carbocycles. The maximum Gasteiger partial charge on any atom is 0.227 e. The van der Waals surface area contributed by atoms with Crippen LogP contribution in [0.1, 0.15) is 0 Å². The number of para-hydroxylation sites is 9. The van der Waals surface area contributed by atoms with Gasteiger partial charge < -0.3 is 53.9 Å². The standard InChI is InChI=1S/C44H26N2O2.C43H25N3O2.C42H24N4O2/c1-2-12-28-27(11-1)35-23-45(39-19-9-17-33-31-15-5-7-21-41(31)47-43(33)39)25-37(35)29-13-3-4-14-30(29)38-26-46(24-36(28)38)40-20-10-18-34-32-16-6-8-22-42(32)48-44(34)40;1-3-12-28-26(10-1)34-22-45(38-18-7-15-31-30-14-5-6-20-40(30)47-41(31)38)23-35(34)27-11-2-4-13-29(27)37-25-46(24-36(28)37)39-19-8-16-32-33-17-9-21-44-43(33)48-42(32)39;1-2-10-26-25(9-1)33-21-45(37-17-5-13-29-31-15-7-19-43-41(31)47-39(29)37)23-35(33)27-11-3-4-12-28(27)36-24-46(22-34(26)36)38-18-6-14-30-32-16-8-20-44-42(32)48-40(30)38/h1-26H;1-25H;1-24H. The van der Waals surface area contributed by atoms with Gasteiger partial charge in [0.25, 0.3) is 0 Å². The molecule has 15 aromatic carbocycles. The van der Waals surface area contributed by atoms with E-state index in [0.29, 0.717) is 17.1 Å². The van der Waals surface area contributed by atoms with Crippen molar-refractivity contribution in [2.24, 2.45) is 0 Å². The first kappa shape index (κ1) is 79.3. The van der Waals surface area contributed by atoms with Crippen molar-refractivity contribution in [2.45, 2.75) is 0 Å². The summed E-state index contributed by atoms with van der Waals surface area (Å²) in [5.41, 5.74) is 44.0. The smallest absolute Gasteiger partial charge is 0.227 e. The molecule has 15 aromatic heterocycles. The molecule has 0 atom stereocenters. The zero-order chi connectivity index (χ0) is 94.0. The van der Waals surface area contributed by atoms with Crippen LogP contribution in [0.25, 0.3) is 300 Å². The number of rotatable bonds is 6. The average molecular weight is 1850 g/mol. The zero-order valence-corrected chi connectivity index (χ0v) is 76.8. The predicted molar refractivity (Wildman–Crippen MR) is 578 cm³/mol. The second kappa shape index (κ2) is 30.9. The zero-order valence-electron chi connectivity index (χ0n) is 76.8. The summed E-state index contributed by atoms with van der Waals surface area (Å²) in [6.45, 7) is 0. The number of hydrogen-bond donors (Lipinski definition) is 0. The maximum atomic E-state index is 6.47. The highest BCUT2D eigenvalue weighted by atomic mass is 16.4. The molecular weight excluding hydrogens is 1770 g/mol. The first-order chi connectivity index (χ1) is 71.4. The van der Waals surface area contributed by atoms with Gasteiger partial charge in [-0.3, -0.25) is 0 Å². The molecular formula is C129H75N9O6. The molecule has 15 heterocycles. The molecule has 0 bridgehead atoms. The number of nitrogens with zero attached hydrogens (tertiary/aromatic N) is 9. The van der Waals surface area contributed by atoms with E-state index in [0.717, 1.165) is 171 Å². The summed E-state index contributed by atoms with van der Waals surface area (Å²) in [6, 6.07) is 127. The summed E-state index contributed by atoms with van der Waals surface area (Å²) in [4.78, 5) is 13.5. The summed E-state index contributed by atoms with van der Waals surface area (Å²) in [5, 5.41) is 13.0. The Bertz CT molecular complexity index is 8850. The molecule has 3 aliphatic carbocycles. The third-order valence-corrected chi connectivity index (χ3v) is 29.6. The molecule has 15 heteroatoms. The highest BCUT2D eigenvalue weighted by Crippen LogP contribution is 2.56. The molecule has 144 heavy (non-hydrogen) atoms. The van der Waals surface area contributed by atoms with Crippen molar-refractivity contribution in [2.75, 3.05) is 0 Å². The Hall–Kier alpha value is -19.8. The lowest BCUT2D eigenvalue weighted by molar-refractivity contribution is 0.650. The molecule has 0 unspecified atom stereocenters. The Morgan fingerprint density at radius 2 is 0.278 bits per heavy atom. The molecule has 0 aliphatic heterocycles. The summed E-state index contributed by atoms with van der Waals surface area (Å²) < 4.78 is 51.8. The van der Waals surface area contributed by atoms with Crippen molar-refractivity contribution < 1.29 is 26.5 Å². The fourth-order valence-electron chi connectivity index (χ4n) is 23.1. The summed E-state index contributed by atoms with van der Waals surface area (Å²) in [6.07, 6.45) is 32.4. The molecule has 0 radical (unpaired) electrons. The van der Waals surface area contributed by atoms with Crippen LogP contribution in [0.4, 0.5) is 0 Å². The van der Waals surface area contributed by atoms with Gasteiger partial charge >= 0.3 is 0 Å². The first-order valence-electron chi connectivity index (χ1n) is 48.3. The summed E-state index contributed by atoms with van der Waals surface area (Å²) >= 11 is 0. The van der Waals surface area contributed by atoms with E-state index in [4.69, 9.17) is 26.5 Å². The number of furan rings is 6. The van der Waals surface area contributed by atoms with Gasteiger partial charge in [0.1, 0.15) is 16.7 Å². The average Bonchev–Trinajstić information content (AvgIpc) is 1.57. The van der Waals surface area contributed by atoms with Crippen LogP contribution in [0.15, 0.2) is 483 Å². The van der Waals surface area contributed by atoms with Crippen molar-refractivity contribution in [1.82, 2.24) is 42.4 Å². The van der Waals surface area contributed by atoms with Crippen LogP contribution in [-0.4, -0.2) is 42.4 Å². The van der Waals surface area contributed by atoms with E-state index in [1.54, 1.807) is 18.6 Å². The highest BCUT2D eigenvalue weighted by molar-refractivity contribution is 6.15. The van der Waals surface area contributed by atoms with E-state index in [9.17, 15) is 0 Å².